The molecule has 3 aromatic rings. The minimum atomic E-state index is -1.02. The molecule has 0 unspecified atom stereocenters. The second kappa shape index (κ2) is 7.99. The highest BCUT2D eigenvalue weighted by Gasteiger charge is 2.22. The van der Waals surface area contributed by atoms with E-state index >= 15 is 0 Å². The molecule has 0 radical (unpaired) electrons. The van der Waals surface area contributed by atoms with Crippen molar-refractivity contribution >= 4 is 34.2 Å². The number of nitro benzene ring substituents is 2. The van der Waals surface area contributed by atoms with Gasteiger partial charge in [-0.25, -0.2) is 9.59 Å². The summed E-state index contributed by atoms with van der Waals surface area (Å²) in [4.78, 5) is 48.0. The average Bonchev–Trinajstić information content (AvgIpc) is 3.02. The standard InChI is InChI=1S/C19H15N3O8/c1-3-29-19(24)17-10(2)20-16-5-4-14(9-15(16)17)30-18(23)11-6-12(21(25)26)8-13(7-11)22(27)28/h4-9,20H,3H2,1-2H3. The van der Waals surface area contributed by atoms with Crippen LogP contribution in [0.4, 0.5) is 11.4 Å². The van der Waals surface area contributed by atoms with Crippen LogP contribution >= 0.6 is 0 Å². The maximum Gasteiger partial charge on any atom is 0.344 e. The molecule has 11 heteroatoms. The summed E-state index contributed by atoms with van der Waals surface area (Å²) in [6, 6.07) is 7.00. The van der Waals surface area contributed by atoms with Crippen molar-refractivity contribution in [3.63, 3.8) is 0 Å². The summed E-state index contributed by atoms with van der Waals surface area (Å²) >= 11 is 0. The number of ether oxygens (including phenoxy) is 2. The van der Waals surface area contributed by atoms with Gasteiger partial charge < -0.3 is 14.5 Å². The number of aryl methyl sites for hydroxylation is 1. The van der Waals surface area contributed by atoms with Gasteiger partial charge in [-0.3, -0.25) is 20.2 Å². The summed E-state index contributed by atoms with van der Waals surface area (Å²) < 4.78 is 10.3. The molecule has 0 saturated heterocycles. The number of hydrogen-bond acceptors (Lipinski definition) is 8. The summed E-state index contributed by atoms with van der Waals surface area (Å²) in [5.74, 6) is -1.52. The number of hydrogen-bond donors (Lipinski definition) is 1. The number of aromatic nitrogens is 1. The Hall–Kier alpha value is -4.28. The molecule has 3 rings (SSSR count). The lowest BCUT2D eigenvalue weighted by Crippen LogP contribution is -2.10. The van der Waals surface area contributed by atoms with Crippen LogP contribution in [0.1, 0.15) is 33.3 Å². The summed E-state index contributed by atoms with van der Waals surface area (Å²) in [6.07, 6.45) is 0. The van der Waals surface area contributed by atoms with Gasteiger partial charge >= 0.3 is 11.9 Å². The molecule has 0 aliphatic rings. The molecule has 0 aliphatic carbocycles. The highest BCUT2D eigenvalue weighted by molar-refractivity contribution is 6.06. The van der Waals surface area contributed by atoms with Gasteiger partial charge in [0.15, 0.2) is 0 Å². The van der Waals surface area contributed by atoms with Crippen LogP contribution in [0.3, 0.4) is 0 Å². The number of aromatic amines is 1. The number of rotatable bonds is 6. The molecule has 1 N–H and O–H groups in total. The zero-order valence-electron chi connectivity index (χ0n) is 15.8. The molecule has 2 aromatic carbocycles. The Bertz CT molecular complexity index is 1170. The SMILES string of the molecule is CCOC(=O)c1c(C)[nH]c2ccc(OC(=O)c3cc([N+](=O)[O-])cc([N+](=O)[O-])c3)cc12. The maximum absolute atomic E-state index is 12.5. The Kier molecular flexibility index (Phi) is 5.45. The van der Waals surface area contributed by atoms with E-state index in [1.165, 1.54) is 12.1 Å². The Morgan fingerprint density at radius 2 is 1.63 bits per heavy atom. The normalized spacial score (nSPS) is 10.6. The number of nitro groups is 2. The van der Waals surface area contributed by atoms with Crippen LogP contribution in [0.5, 0.6) is 5.75 Å². The van der Waals surface area contributed by atoms with Gasteiger partial charge in [0.25, 0.3) is 11.4 Å². The Morgan fingerprint density at radius 3 is 2.20 bits per heavy atom. The first-order chi connectivity index (χ1) is 14.2. The number of carbonyl (C=O) groups is 2. The van der Waals surface area contributed by atoms with Gasteiger partial charge in [-0.05, 0) is 32.0 Å². The number of H-pyrrole nitrogens is 1. The highest BCUT2D eigenvalue weighted by Crippen LogP contribution is 2.28. The molecule has 0 saturated carbocycles. The van der Waals surface area contributed by atoms with Gasteiger partial charge in [-0.1, -0.05) is 0 Å². The first-order valence-electron chi connectivity index (χ1n) is 8.66. The largest absolute Gasteiger partial charge is 0.462 e. The zero-order chi connectivity index (χ0) is 22.0. The summed E-state index contributed by atoms with van der Waals surface area (Å²) in [5, 5.41) is 22.5. The van der Waals surface area contributed by atoms with E-state index < -0.39 is 33.2 Å². The fourth-order valence-corrected chi connectivity index (χ4v) is 2.93. The van der Waals surface area contributed by atoms with Crippen molar-refractivity contribution in [1.29, 1.82) is 0 Å². The molecular formula is C19H15N3O8. The first kappa shape index (κ1) is 20.5. The van der Waals surface area contributed by atoms with Crippen molar-refractivity contribution in [2.24, 2.45) is 0 Å². The van der Waals surface area contributed by atoms with E-state index in [-0.39, 0.29) is 23.5 Å². The molecule has 0 spiro atoms. The third-order valence-corrected chi connectivity index (χ3v) is 4.21. The van der Waals surface area contributed by atoms with E-state index in [4.69, 9.17) is 9.47 Å². The fraction of sp³-hybridized carbons (Fsp3) is 0.158. The number of nitrogens with one attached hydrogen (secondary N) is 1. The van der Waals surface area contributed by atoms with Gasteiger partial charge in [-0.2, -0.15) is 0 Å². The predicted molar refractivity (Wildman–Crippen MR) is 104 cm³/mol. The molecule has 1 aromatic heterocycles. The number of benzene rings is 2. The zero-order valence-corrected chi connectivity index (χ0v) is 15.8. The van der Waals surface area contributed by atoms with E-state index in [0.29, 0.717) is 16.6 Å². The lowest BCUT2D eigenvalue weighted by Gasteiger charge is -2.06. The molecule has 1 heterocycles. The summed E-state index contributed by atoms with van der Waals surface area (Å²) in [5.41, 5.74) is -0.111. The minimum Gasteiger partial charge on any atom is -0.462 e. The molecule has 154 valence electrons. The summed E-state index contributed by atoms with van der Waals surface area (Å²) in [7, 11) is 0. The predicted octanol–water partition coefficient (Wildman–Crippen LogP) is 3.69. The third kappa shape index (κ3) is 3.94. The minimum absolute atomic E-state index is 0.0474. The second-order valence-electron chi connectivity index (χ2n) is 6.19. The molecule has 0 bridgehead atoms. The molecule has 0 atom stereocenters. The average molecular weight is 413 g/mol. The lowest BCUT2D eigenvalue weighted by atomic mass is 10.1. The quantitative estimate of drug-likeness (QED) is 0.278. The third-order valence-electron chi connectivity index (χ3n) is 4.21. The Labute approximate surface area is 168 Å². The lowest BCUT2D eigenvalue weighted by molar-refractivity contribution is -0.394. The van der Waals surface area contributed by atoms with E-state index in [1.54, 1.807) is 19.9 Å². The smallest absolute Gasteiger partial charge is 0.344 e. The van der Waals surface area contributed by atoms with Gasteiger partial charge in [0.2, 0.25) is 0 Å². The van der Waals surface area contributed by atoms with Gasteiger partial charge in [0, 0.05) is 28.7 Å². The first-order valence-corrected chi connectivity index (χ1v) is 8.66. The fourth-order valence-electron chi connectivity index (χ4n) is 2.93. The van der Waals surface area contributed by atoms with Crippen LogP contribution in [0.2, 0.25) is 0 Å². The van der Waals surface area contributed by atoms with Crippen molar-refractivity contribution < 1.29 is 28.9 Å². The molecule has 30 heavy (non-hydrogen) atoms. The second-order valence-corrected chi connectivity index (χ2v) is 6.19. The topological polar surface area (TPSA) is 155 Å². The van der Waals surface area contributed by atoms with Crippen LogP contribution in [0, 0.1) is 27.2 Å². The Balaban J connectivity index is 1.97. The highest BCUT2D eigenvalue weighted by atomic mass is 16.6. The van der Waals surface area contributed by atoms with Gasteiger partial charge in [0.1, 0.15) is 5.75 Å². The van der Waals surface area contributed by atoms with Gasteiger partial charge in [-0.15, -0.1) is 0 Å². The van der Waals surface area contributed by atoms with E-state index in [0.717, 1.165) is 18.2 Å². The van der Waals surface area contributed by atoms with Crippen LogP contribution in [-0.2, 0) is 4.74 Å². The van der Waals surface area contributed by atoms with Crippen molar-refractivity contribution in [2.45, 2.75) is 13.8 Å². The molecular weight excluding hydrogens is 398 g/mol. The van der Waals surface area contributed by atoms with Crippen LogP contribution in [0.15, 0.2) is 36.4 Å². The molecule has 11 nitrogen and oxygen atoms in total. The Morgan fingerprint density at radius 1 is 1.00 bits per heavy atom. The van der Waals surface area contributed by atoms with Crippen LogP contribution < -0.4 is 4.74 Å². The van der Waals surface area contributed by atoms with E-state index in [1.807, 2.05) is 0 Å². The number of non-ortho nitro benzene ring substituents is 2. The summed E-state index contributed by atoms with van der Waals surface area (Å²) in [6.45, 7) is 3.55. The van der Waals surface area contributed by atoms with Crippen molar-refractivity contribution in [3.8, 4) is 5.75 Å². The van der Waals surface area contributed by atoms with E-state index in [9.17, 15) is 29.8 Å². The molecule has 0 fully saturated rings. The number of esters is 2. The van der Waals surface area contributed by atoms with Crippen molar-refractivity contribution in [1.82, 2.24) is 4.98 Å². The number of carbonyl (C=O) groups excluding carboxylic acids is 2. The van der Waals surface area contributed by atoms with Crippen molar-refractivity contribution in [3.05, 3.63) is 73.4 Å². The number of fused-ring (bicyclic) bond motifs is 1. The number of nitrogens with zero attached hydrogens (tertiary/aromatic N) is 2. The molecule has 0 amide bonds. The maximum atomic E-state index is 12.5. The molecule has 0 aliphatic heterocycles. The van der Waals surface area contributed by atoms with Crippen molar-refractivity contribution in [2.75, 3.05) is 6.61 Å². The van der Waals surface area contributed by atoms with Gasteiger partial charge in [0.05, 0.1) is 33.6 Å². The monoisotopic (exact) mass is 413 g/mol. The van der Waals surface area contributed by atoms with E-state index in [2.05, 4.69) is 4.98 Å². The van der Waals surface area contributed by atoms with Crippen LogP contribution in [0.25, 0.3) is 10.9 Å². The van der Waals surface area contributed by atoms with Crippen LogP contribution in [-0.4, -0.2) is 33.4 Å².